The van der Waals surface area contributed by atoms with Gasteiger partial charge >= 0.3 is 8.69 Å². The number of halogens is 4. The van der Waals surface area contributed by atoms with E-state index >= 15 is 0 Å². The van der Waals surface area contributed by atoms with Crippen molar-refractivity contribution >= 4 is 52.4 Å². The Bertz CT molecular complexity index is 1860. The lowest BCUT2D eigenvalue weighted by atomic mass is 10.2. The fourth-order valence-corrected chi connectivity index (χ4v) is 17.3. The fourth-order valence-electron chi connectivity index (χ4n) is 8.01. The smallest absolute Gasteiger partial charge is 0.395 e. The van der Waals surface area contributed by atoms with Crippen molar-refractivity contribution < 1.29 is 45.0 Å². The number of ether oxygens (including phenoxy) is 1. The number of hydrogen-bond donors (Lipinski definition) is 0. The quantitative estimate of drug-likeness (QED) is 0.0367. The van der Waals surface area contributed by atoms with Crippen LogP contribution in [0.4, 0.5) is 17.6 Å². The number of rotatable bonds is 16. The summed E-state index contributed by atoms with van der Waals surface area (Å²) in [4.78, 5) is 10.9. The monoisotopic (exact) mass is 882 g/mol. The van der Waals surface area contributed by atoms with Crippen LogP contribution >= 0.6 is 8.69 Å². The Labute approximate surface area is 357 Å². The van der Waals surface area contributed by atoms with Crippen molar-refractivity contribution in [1.29, 1.82) is 0 Å². The maximum Gasteiger partial charge on any atom is 0.395 e. The molecule has 2 saturated carbocycles. The van der Waals surface area contributed by atoms with Crippen LogP contribution in [0.3, 0.4) is 0 Å². The van der Waals surface area contributed by atoms with Crippen LogP contribution in [0, 0.1) is 23.7 Å². The van der Waals surface area contributed by atoms with E-state index in [2.05, 4.69) is 46.1 Å². The molecule has 6 nitrogen and oxygen atoms in total. The van der Waals surface area contributed by atoms with Gasteiger partial charge in [0, 0.05) is 26.4 Å². The Morgan fingerprint density at radius 2 is 0.900 bits per heavy atom. The van der Waals surface area contributed by atoms with Crippen LogP contribution < -0.4 is 20.7 Å². The lowest BCUT2D eigenvalue weighted by Crippen LogP contribution is -2.66. The predicted octanol–water partition coefficient (Wildman–Crippen LogP) is 9.87. The standard InChI is InChI=1S/C22H25F2O3PSi.C21H24F2O2Si.C4H10O/c1-21(2,3)29(17-10-6-4-7-11-17,18-12-8-5-9-13-18)27-16-20-19(22(20,23)24)14-15-26-28-25;1-20(2,3)26(16-10-6-4-7-11-16,17-12-8-5-9-13-17)25-15-19-18(14-24)21(19,22)23;1-3-5-4-2/h4-15,19-20H,16H2,1-3H3;4-14,18-19H,15H2,1-3H3;3-4H2,1-2H3/b15-14+;;. The highest BCUT2D eigenvalue weighted by molar-refractivity contribution is 7.17. The molecule has 324 valence electrons. The van der Waals surface area contributed by atoms with Crippen LogP contribution in [0.2, 0.25) is 10.1 Å². The van der Waals surface area contributed by atoms with Gasteiger partial charge in [-0.25, -0.2) is 22.1 Å². The van der Waals surface area contributed by atoms with E-state index in [0.29, 0.717) is 6.29 Å². The van der Waals surface area contributed by atoms with Crippen molar-refractivity contribution in [3.8, 4) is 0 Å². The Morgan fingerprint density at radius 3 is 1.15 bits per heavy atom. The Hall–Kier alpha value is -3.78. The van der Waals surface area contributed by atoms with E-state index in [-0.39, 0.29) is 23.3 Å². The van der Waals surface area contributed by atoms with Gasteiger partial charge in [-0.15, -0.1) is 0 Å². The number of allylic oxidation sites excluding steroid dienone is 1. The lowest BCUT2D eigenvalue weighted by molar-refractivity contribution is -0.110. The molecule has 13 heteroatoms. The average molecular weight is 883 g/mol. The van der Waals surface area contributed by atoms with Crippen LogP contribution in [0.25, 0.3) is 0 Å². The number of aldehydes is 1. The third-order valence-electron chi connectivity index (χ3n) is 11.3. The largest absolute Gasteiger partial charge is 0.416 e. The second-order valence-corrected chi connectivity index (χ2v) is 26.0. The topological polar surface area (TPSA) is 71.1 Å². The summed E-state index contributed by atoms with van der Waals surface area (Å²) in [5.41, 5.74) is 0. The molecule has 0 heterocycles. The summed E-state index contributed by atoms with van der Waals surface area (Å²) in [6, 6.07) is 39.7. The molecule has 0 bridgehead atoms. The van der Waals surface area contributed by atoms with Gasteiger partial charge in [0.2, 0.25) is 0 Å². The number of carbonyl (C=O) groups is 1. The van der Waals surface area contributed by atoms with E-state index in [1.807, 2.05) is 135 Å². The van der Waals surface area contributed by atoms with Gasteiger partial charge in [-0.3, -0.25) is 0 Å². The van der Waals surface area contributed by atoms with Crippen LogP contribution in [0.15, 0.2) is 134 Å². The third-order valence-corrected chi connectivity index (χ3v) is 21.5. The maximum atomic E-state index is 14.3. The van der Waals surface area contributed by atoms with E-state index in [4.69, 9.17) is 13.6 Å². The second-order valence-electron chi connectivity index (χ2n) is 17.0. The Morgan fingerprint density at radius 1 is 0.583 bits per heavy atom. The van der Waals surface area contributed by atoms with Gasteiger partial charge in [0.25, 0.3) is 28.5 Å². The van der Waals surface area contributed by atoms with E-state index in [0.717, 1.165) is 40.2 Å². The zero-order chi connectivity index (χ0) is 44.2. The number of benzene rings is 4. The fraction of sp³-hybridized carbons (Fsp3) is 0.426. The minimum absolute atomic E-state index is 0.0512. The first-order chi connectivity index (χ1) is 28.4. The lowest BCUT2D eigenvalue weighted by Gasteiger charge is -2.43. The van der Waals surface area contributed by atoms with E-state index < -0.39 is 60.8 Å². The summed E-state index contributed by atoms with van der Waals surface area (Å²) in [6.07, 6.45) is 2.69. The molecule has 0 saturated heterocycles. The van der Waals surface area contributed by atoms with Crippen molar-refractivity contribution in [2.24, 2.45) is 23.7 Å². The maximum absolute atomic E-state index is 14.3. The zero-order valence-corrected chi connectivity index (χ0v) is 38.7. The molecule has 60 heavy (non-hydrogen) atoms. The molecule has 4 unspecified atom stereocenters. The summed E-state index contributed by atoms with van der Waals surface area (Å²) in [6.45, 7) is 18.1. The third kappa shape index (κ3) is 10.8. The molecular weight excluding hydrogens is 824 g/mol. The molecular formula is C47H59F4O6PSi2. The van der Waals surface area contributed by atoms with Crippen LogP contribution in [-0.4, -0.2) is 61.2 Å². The summed E-state index contributed by atoms with van der Waals surface area (Å²) in [5, 5.41) is 3.67. The van der Waals surface area contributed by atoms with Gasteiger partial charge < -0.3 is 22.9 Å². The molecule has 0 N–H and O–H groups in total. The van der Waals surface area contributed by atoms with Gasteiger partial charge in [0.05, 0.1) is 29.9 Å². The summed E-state index contributed by atoms with van der Waals surface area (Å²) in [7, 11) is -6.23. The van der Waals surface area contributed by atoms with Gasteiger partial charge in [-0.1, -0.05) is 163 Å². The molecule has 0 spiro atoms. The van der Waals surface area contributed by atoms with E-state index in [9.17, 15) is 26.9 Å². The highest BCUT2D eigenvalue weighted by Gasteiger charge is 2.69. The predicted molar refractivity (Wildman–Crippen MR) is 237 cm³/mol. The van der Waals surface area contributed by atoms with Gasteiger partial charge in [0.15, 0.2) is 0 Å². The molecule has 0 aliphatic heterocycles. The van der Waals surface area contributed by atoms with Gasteiger partial charge in [-0.05, 0) is 50.7 Å². The average Bonchev–Trinajstić information content (AvgIpc) is 3.99. The van der Waals surface area contributed by atoms with Gasteiger partial charge in [0.1, 0.15) is 6.29 Å². The summed E-state index contributed by atoms with van der Waals surface area (Å²) >= 11 is 0. The molecule has 4 aromatic rings. The van der Waals surface area contributed by atoms with Crippen molar-refractivity contribution in [3.63, 3.8) is 0 Å². The molecule has 4 atom stereocenters. The normalized spacial score (nSPS) is 20.6. The van der Waals surface area contributed by atoms with E-state index in [1.54, 1.807) is 0 Å². The van der Waals surface area contributed by atoms with Crippen molar-refractivity contribution in [1.82, 2.24) is 0 Å². The first-order valence-corrected chi connectivity index (χ1v) is 24.9. The molecule has 6 rings (SSSR count). The van der Waals surface area contributed by atoms with Crippen LogP contribution in [-0.2, 0) is 27.5 Å². The van der Waals surface area contributed by atoms with Crippen molar-refractivity contribution in [3.05, 3.63) is 134 Å². The molecule has 0 radical (unpaired) electrons. The second kappa shape index (κ2) is 20.9. The molecule has 0 aromatic heterocycles. The SMILES string of the molecule is CC(C)(C)[Si](OCC1C(/C=C/OP=O)C1(F)F)(c1ccccc1)c1ccccc1.CC(C)(C)[Si](OCC1C(C=O)C1(F)F)(c1ccccc1)c1ccccc1.CCOCC. The van der Waals surface area contributed by atoms with Crippen LogP contribution in [0.1, 0.15) is 55.4 Å². The minimum Gasteiger partial charge on any atom is -0.416 e. The van der Waals surface area contributed by atoms with Crippen molar-refractivity contribution in [2.75, 3.05) is 26.4 Å². The summed E-state index contributed by atoms with van der Waals surface area (Å²) in [5.74, 6) is -9.95. The number of hydrogen-bond acceptors (Lipinski definition) is 6. The number of carbonyl (C=O) groups excluding carboxylic acids is 1. The number of alkyl halides is 4. The molecule has 0 amide bonds. The summed E-state index contributed by atoms with van der Waals surface area (Å²) < 4.78 is 89.1. The Kier molecular flexibility index (Phi) is 17.0. The first-order valence-electron chi connectivity index (χ1n) is 20.4. The molecule has 2 aliphatic rings. The first kappa shape index (κ1) is 48.9. The van der Waals surface area contributed by atoms with E-state index in [1.165, 1.54) is 6.08 Å². The highest BCUT2D eigenvalue weighted by atomic mass is 31.1. The van der Waals surface area contributed by atoms with Crippen molar-refractivity contribution in [2.45, 2.75) is 77.3 Å². The molecule has 2 fully saturated rings. The zero-order valence-electron chi connectivity index (χ0n) is 35.8. The Balaban J connectivity index is 0.000000239. The van der Waals surface area contributed by atoms with Gasteiger partial charge in [-0.2, -0.15) is 0 Å². The molecule has 2 aliphatic carbocycles. The highest BCUT2D eigenvalue weighted by Crippen LogP contribution is 2.57. The van der Waals surface area contributed by atoms with Crippen LogP contribution in [0.5, 0.6) is 0 Å². The minimum atomic E-state index is -2.95. The molecule has 4 aromatic carbocycles.